The Bertz CT molecular complexity index is 1200. The van der Waals surface area contributed by atoms with Gasteiger partial charge in [-0.15, -0.1) is 11.3 Å². The van der Waals surface area contributed by atoms with Gasteiger partial charge in [0.1, 0.15) is 22.5 Å². The number of hydrogen-bond acceptors (Lipinski definition) is 8. The van der Waals surface area contributed by atoms with Gasteiger partial charge in [-0.3, -0.25) is 4.79 Å². The molecule has 1 atom stereocenters. The number of ether oxygens (including phenoxy) is 1. The second kappa shape index (κ2) is 10.5. The molecular formula is C23H22N4O4S2. The van der Waals surface area contributed by atoms with E-state index in [1.807, 2.05) is 16.8 Å². The van der Waals surface area contributed by atoms with Crippen molar-refractivity contribution in [1.29, 1.82) is 5.26 Å². The first kappa shape index (κ1) is 22.8. The molecule has 0 fully saturated rings. The molecule has 2 N–H and O–H groups in total. The van der Waals surface area contributed by atoms with Crippen molar-refractivity contribution in [2.24, 2.45) is 5.92 Å². The normalized spacial score (nSPS) is 15.1. The Balaban J connectivity index is 1.31. The van der Waals surface area contributed by atoms with Crippen molar-refractivity contribution in [3.05, 3.63) is 62.0 Å². The number of nitriles is 1. The van der Waals surface area contributed by atoms with Crippen LogP contribution in [0.3, 0.4) is 0 Å². The minimum atomic E-state index is -0.504. The van der Waals surface area contributed by atoms with Crippen LogP contribution >= 0.6 is 22.7 Å². The van der Waals surface area contributed by atoms with Gasteiger partial charge in [-0.25, -0.2) is 4.79 Å². The van der Waals surface area contributed by atoms with Crippen LogP contribution in [0.5, 0.6) is 0 Å². The zero-order valence-corrected chi connectivity index (χ0v) is 19.6. The zero-order valence-electron chi connectivity index (χ0n) is 17.9. The molecule has 0 saturated carbocycles. The van der Waals surface area contributed by atoms with E-state index >= 15 is 0 Å². The Morgan fingerprint density at radius 2 is 2.33 bits per heavy atom. The highest BCUT2D eigenvalue weighted by molar-refractivity contribution is 7.16. The van der Waals surface area contributed by atoms with Gasteiger partial charge in [0, 0.05) is 17.0 Å². The van der Waals surface area contributed by atoms with Gasteiger partial charge in [0.15, 0.2) is 0 Å². The summed E-state index contributed by atoms with van der Waals surface area (Å²) in [5.74, 6) is 0.569. The van der Waals surface area contributed by atoms with E-state index in [0.29, 0.717) is 34.9 Å². The van der Waals surface area contributed by atoms with Gasteiger partial charge >= 0.3 is 6.09 Å². The van der Waals surface area contributed by atoms with Crippen molar-refractivity contribution in [2.45, 2.75) is 32.7 Å². The first-order chi connectivity index (χ1) is 16.0. The van der Waals surface area contributed by atoms with E-state index in [-0.39, 0.29) is 25.0 Å². The second-order valence-electron chi connectivity index (χ2n) is 7.69. The van der Waals surface area contributed by atoms with Crippen LogP contribution in [0.15, 0.2) is 33.5 Å². The molecule has 1 aliphatic carbocycles. The average Bonchev–Trinajstić information content (AvgIpc) is 3.54. The molecule has 33 heavy (non-hydrogen) atoms. The van der Waals surface area contributed by atoms with Crippen molar-refractivity contribution in [2.75, 3.05) is 11.9 Å². The van der Waals surface area contributed by atoms with Crippen LogP contribution in [0.1, 0.15) is 39.4 Å². The molecule has 0 radical (unpaired) electrons. The Hall–Kier alpha value is -3.42. The van der Waals surface area contributed by atoms with E-state index in [1.54, 1.807) is 30.4 Å². The summed E-state index contributed by atoms with van der Waals surface area (Å²) in [6, 6.07) is 5.92. The van der Waals surface area contributed by atoms with Crippen LogP contribution in [0.25, 0.3) is 6.08 Å². The van der Waals surface area contributed by atoms with E-state index in [1.165, 1.54) is 17.4 Å². The topological polar surface area (TPSA) is 117 Å². The molecule has 1 aliphatic rings. The average molecular weight is 483 g/mol. The molecule has 0 bridgehead atoms. The third kappa shape index (κ3) is 5.88. The van der Waals surface area contributed by atoms with Crippen LogP contribution in [0.2, 0.25) is 0 Å². The standard InChI is InChI=1S/C23H22N4O4S2/c1-14-8-17(27-31-14)11-25-23(29)30-12-16-2-4-18-19(10-24)22(33-20(18)9-16)26-21(28)5-3-15-6-7-32-13-15/h3,5-8,13,16H,2,4,9,11-12H2,1H3,(H,25,29)(H,26,28)/b5-3+. The van der Waals surface area contributed by atoms with Crippen LogP contribution < -0.4 is 10.6 Å². The number of carbonyl (C=O) groups is 2. The number of amides is 2. The lowest BCUT2D eigenvalue weighted by Crippen LogP contribution is -2.27. The van der Waals surface area contributed by atoms with Gasteiger partial charge in [0.05, 0.1) is 18.7 Å². The highest BCUT2D eigenvalue weighted by atomic mass is 32.1. The predicted octanol–water partition coefficient (Wildman–Crippen LogP) is 4.66. The lowest BCUT2D eigenvalue weighted by Gasteiger charge is -2.21. The van der Waals surface area contributed by atoms with Gasteiger partial charge in [-0.05, 0) is 66.1 Å². The summed E-state index contributed by atoms with van der Waals surface area (Å²) in [5.41, 5.74) is 3.12. The molecule has 8 nitrogen and oxygen atoms in total. The Morgan fingerprint density at radius 3 is 3.06 bits per heavy atom. The molecule has 2 amide bonds. The number of nitrogens with zero attached hydrogens (tertiary/aromatic N) is 2. The number of aromatic nitrogens is 1. The van der Waals surface area contributed by atoms with Crippen LogP contribution in [0.4, 0.5) is 9.80 Å². The fraction of sp³-hybridized carbons (Fsp3) is 0.304. The van der Waals surface area contributed by atoms with Crippen molar-refractivity contribution < 1.29 is 18.8 Å². The summed E-state index contributed by atoms with van der Waals surface area (Å²) in [5, 5.41) is 23.4. The Morgan fingerprint density at radius 1 is 1.45 bits per heavy atom. The smallest absolute Gasteiger partial charge is 0.407 e. The minimum absolute atomic E-state index is 0.157. The second-order valence-corrected chi connectivity index (χ2v) is 9.57. The maximum atomic E-state index is 12.3. The zero-order chi connectivity index (χ0) is 23.2. The number of aryl methyl sites for hydroxylation is 1. The molecule has 1 unspecified atom stereocenters. The van der Waals surface area contributed by atoms with E-state index in [0.717, 1.165) is 22.4 Å². The third-order valence-electron chi connectivity index (χ3n) is 5.23. The third-order valence-corrected chi connectivity index (χ3v) is 7.10. The SMILES string of the molecule is Cc1cc(CNC(=O)OCC2CCc3c(sc(NC(=O)/C=C/c4ccsc4)c3C#N)C2)no1. The number of nitrogens with one attached hydrogen (secondary N) is 2. The van der Waals surface area contributed by atoms with Gasteiger partial charge < -0.3 is 19.9 Å². The number of rotatable bonds is 7. The molecular weight excluding hydrogens is 460 g/mol. The van der Waals surface area contributed by atoms with Crippen LogP contribution in [0, 0.1) is 24.2 Å². The van der Waals surface area contributed by atoms with E-state index < -0.39 is 6.09 Å². The van der Waals surface area contributed by atoms with E-state index in [9.17, 15) is 14.9 Å². The largest absolute Gasteiger partial charge is 0.449 e. The molecule has 0 aliphatic heterocycles. The summed E-state index contributed by atoms with van der Waals surface area (Å²) in [6.45, 7) is 2.31. The molecule has 0 spiro atoms. The maximum absolute atomic E-state index is 12.3. The van der Waals surface area contributed by atoms with Crippen LogP contribution in [-0.2, 0) is 28.9 Å². The molecule has 10 heteroatoms. The number of thiophene rings is 2. The molecule has 170 valence electrons. The number of fused-ring (bicyclic) bond motifs is 1. The first-order valence-electron chi connectivity index (χ1n) is 10.4. The summed E-state index contributed by atoms with van der Waals surface area (Å²) in [7, 11) is 0. The molecule has 3 heterocycles. The maximum Gasteiger partial charge on any atom is 0.407 e. The van der Waals surface area contributed by atoms with E-state index in [2.05, 4.69) is 21.9 Å². The van der Waals surface area contributed by atoms with E-state index in [4.69, 9.17) is 9.26 Å². The number of carbonyl (C=O) groups excluding carboxylic acids is 2. The summed E-state index contributed by atoms with van der Waals surface area (Å²) >= 11 is 2.99. The Labute approximate surface area is 198 Å². The van der Waals surface area contributed by atoms with Gasteiger partial charge in [-0.2, -0.15) is 16.6 Å². The van der Waals surface area contributed by atoms with Crippen molar-refractivity contribution in [3.8, 4) is 6.07 Å². The van der Waals surface area contributed by atoms with Crippen LogP contribution in [-0.4, -0.2) is 23.8 Å². The summed E-state index contributed by atoms with van der Waals surface area (Å²) in [4.78, 5) is 25.4. The molecule has 3 aromatic rings. The van der Waals surface area contributed by atoms with Gasteiger partial charge in [0.25, 0.3) is 0 Å². The fourth-order valence-electron chi connectivity index (χ4n) is 3.61. The highest BCUT2D eigenvalue weighted by Crippen LogP contribution is 2.39. The monoisotopic (exact) mass is 482 g/mol. The quantitative estimate of drug-likeness (QED) is 0.473. The molecule has 3 aromatic heterocycles. The van der Waals surface area contributed by atoms with Crippen molar-refractivity contribution in [3.63, 3.8) is 0 Å². The van der Waals surface area contributed by atoms with Gasteiger partial charge in [0.2, 0.25) is 5.91 Å². The first-order valence-corrected chi connectivity index (χ1v) is 12.2. The minimum Gasteiger partial charge on any atom is -0.449 e. The molecule has 4 rings (SSSR count). The Kier molecular flexibility index (Phi) is 7.22. The fourth-order valence-corrected chi connectivity index (χ4v) is 5.55. The summed E-state index contributed by atoms with van der Waals surface area (Å²) < 4.78 is 10.3. The number of alkyl carbamates (subject to hydrolysis) is 1. The molecule has 0 saturated heterocycles. The predicted molar refractivity (Wildman–Crippen MR) is 126 cm³/mol. The summed E-state index contributed by atoms with van der Waals surface area (Å²) in [6.07, 6.45) is 4.93. The lowest BCUT2D eigenvalue weighted by atomic mass is 9.88. The van der Waals surface area contributed by atoms with Crippen molar-refractivity contribution >= 4 is 45.8 Å². The van der Waals surface area contributed by atoms with Gasteiger partial charge in [-0.1, -0.05) is 5.16 Å². The molecule has 0 aromatic carbocycles. The highest BCUT2D eigenvalue weighted by Gasteiger charge is 2.27. The number of anilines is 1. The van der Waals surface area contributed by atoms with Crippen molar-refractivity contribution in [1.82, 2.24) is 10.5 Å². The number of hydrogen-bond donors (Lipinski definition) is 2. The lowest BCUT2D eigenvalue weighted by molar-refractivity contribution is -0.111.